The highest BCUT2D eigenvalue weighted by Crippen LogP contribution is 2.53. The van der Waals surface area contributed by atoms with E-state index in [9.17, 15) is 4.79 Å². The minimum absolute atomic E-state index is 0.0133. The van der Waals surface area contributed by atoms with Crippen molar-refractivity contribution in [2.45, 2.75) is 20.3 Å². The first-order valence-electron chi connectivity index (χ1n) is 3.93. The zero-order chi connectivity index (χ0) is 7.35. The van der Waals surface area contributed by atoms with Crippen molar-refractivity contribution in [3.8, 4) is 0 Å². The molecule has 2 heteroatoms. The summed E-state index contributed by atoms with van der Waals surface area (Å²) in [7, 11) is 0. The number of fused-ring (bicyclic) bond motifs is 1. The number of carbonyl (C=O) groups is 1. The molecule has 1 saturated heterocycles. The molecule has 1 N–H and O–H groups in total. The highest BCUT2D eigenvalue weighted by Gasteiger charge is 2.56. The van der Waals surface area contributed by atoms with E-state index in [1.165, 1.54) is 0 Å². The minimum atomic E-state index is 0.0133. The van der Waals surface area contributed by atoms with Crippen LogP contribution < -0.4 is 5.32 Å². The number of carbonyl (C=O) groups excluding carboxylic acids is 1. The fourth-order valence-electron chi connectivity index (χ4n) is 2.52. The quantitative estimate of drug-likeness (QED) is 0.528. The molecule has 1 saturated carbocycles. The van der Waals surface area contributed by atoms with Crippen molar-refractivity contribution >= 4 is 5.91 Å². The van der Waals surface area contributed by atoms with Crippen molar-refractivity contribution in [2.75, 3.05) is 6.54 Å². The summed E-state index contributed by atoms with van der Waals surface area (Å²) in [5, 5.41) is 2.91. The van der Waals surface area contributed by atoms with Crippen LogP contribution in [0.15, 0.2) is 0 Å². The summed E-state index contributed by atoms with van der Waals surface area (Å²) in [6, 6.07) is 0. The van der Waals surface area contributed by atoms with Crippen molar-refractivity contribution in [3.63, 3.8) is 0 Å². The standard InChI is InChI=1S/C8H13NO/c1-5-3-8(2)6(5)4-9-7(8)10/h5-6H,3-4H2,1-2H3,(H,9,10). The molecule has 0 spiro atoms. The van der Waals surface area contributed by atoms with Crippen LogP contribution in [0.1, 0.15) is 20.3 Å². The third kappa shape index (κ3) is 0.482. The maximum atomic E-state index is 11.2. The third-order valence-electron chi connectivity index (χ3n) is 3.25. The average molecular weight is 139 g/mol. The highest BCUT2D eigenvalue weighted by molar-refractivity contribution is 5.86. The molecule has 2 aliphatic rings. The predicted molar refractivity (Wildman–Crippen MR) is 38.4 cm³/mol. The van der Waals surface area contributed by atoms with Gasteiger partial charge in [-0.3, -0.25) is 4.79 Å². The van der Waals surface area contributed by atoms with Crippen molar-refractivity contribution in [1.82, 2.24) is 5.32 Å². The molecule has 2 fully saturated rings. The van der Waals surface area contributed by atoms with Crippen LogP contribution in [0.25, 0.3) is 0 Å². The molecule has 0 bridgehead atoms. The van der Waals surface area contributed by atoms with Crippen LogP contribution in [0, 0.1) is 17.3 Å². The second-order valence-electron chi connectivity index (χ2n) is 3.92. The van der Waals surface area contributed by atoms with Gasteiger partial charge in [0.15, 0.2) is 0 Å². The number of hydrogen-bond donors (Lipinski definition) is 1. The fourth-order valence-corrected chi connectivity index (χ4v) is 2.52. The molecule has 0 aromatic rings. The van der Waals surface area contributed by atoms with E-state index in [4.69, 9.17) is 0 Å². The Kier molecular flexibility index (Phi) is 0.960. The van der Waals surface area contributed by atoms with Crippen LogP contribution in [0.4, 0.5) is 0 Å². The average Bonchev–Trinajstić information content (AvgIpc) is 2.06. The van der Waals surface area contributed by atoms with Gasteiger partial charge in [0.25, 0.3) is 0 Å². The molecule has 0 aromatic carbocycles. The third-order valence-corrected chi connectivity index (χ3v) is 3.25. The molecule has 0 radical (unpaired) electrons. The van der Waals surface area contributed by atoms with Gasteiger partial charge in [-0.1, -0.05) is 13.8 Å². The van der Waals surface area contributed by atoms with Crippen molar-refractivity contribution in [3.05, 3.63) is 0 Å². The first-order valence-corrected chi connectivity index (χ1v) is 3.93. The first kappa shape index (κ1) is 6.20. The van der Waals surface area contributed by atoms with Gasteiger partial charge in [0.2, 0.25) is 5.91 Å². The Hall–Kier alpha value is -0.530. The lowest BCUT2D eigenvalue weighted by atomic mass is 9.57. The van der Waals surface area contributed by atoms with Crippen LogP contribution in [0.2, 0.25) is 0 Å². The predicted octanol–water partition coefficient (Wildman–Crippen LogP) is 0.778. The van der Waals surface area contributed by atoms with E-state index >= 15 is 0 Å². The first-order chi connectivity index (χ1) is 4.64. The molecule has 0 aromatic heterocycles. The second kappa shape index (κ2) is 1.55. The summed E-state index contributed by atoms with van der Waals surface area (Å²) in [5.74, 6) is 1.65. The molecule has 3 unspecified atom stereocenters. The van der Waals surface area contributed by atoms with Gasteiger partial charge in [-0.25, -0.2) is 0 Å². The van der Waals surface area contributed by atoms with Crippen LogP contribution in [-0.4, -0.2) is 12.5 Å². The van der Waals surface area contributed by atoms with Crippen LogP contribution in [0.3, 0.4) is 0 Å². The minimum Gasteiger partial charge on any atom is -0.355 e. The number of nitrogens with one attached hydrogen (secondary N) is 1. The maximum Gasteiger partial charge on any atom is 0.226 e. The van der Waals surface area contributed by atoms with E-state index in [1.807, 2.05) is 0 Å². The Morgan fingerprint density at radius 1 is 1.70 bits per heavy atom. The Balaban J connectivity index is 2.24. The number of hydrogen-bond acceptors (Lipinski definition) is 1. The fraction of sp³-hybridized carbons (Fsp3) is 0.875. The van der Waals surface area contributed by atoms with Gasteiger partial charge in [0.05, 0.1) is 5.41 Å². The Morgan fingerprint density at radius 2 is 2.40 bits per heavy atom. The largest absolute Gasteiger partial charge is 0.355 e. The SMILES string of the molecule is CC1CC2(C)C(=O)NCC12. The van der Waals surface area contributed by atoms with Gasteiger partial charge in [0.1, 0.15) is 0 Å². The number of amides is 1. The smallest absolute Gasteiger partial charge is 0.226 e. The zero-order valence-electron chi connectivity index (χ0n) is 6.48. The molecule has 1 aliphatic carbocycles. The summed E-state index contributed by atoms with van der Waals surface area (Å²) in [6.07, 6.45) is 1.09. The molecule has 1 amide bonds. The van der Waals surface area contributed by atoms with E-state index in [-0.39, 0.29) is 11.3 Å². The molecular weight excluding hydrogens is 126 g/mol. The molecule has 2 rings (SSSR count). The van der Waals surface area contributed by atoms with Gasteiger partial charge in [-0.15, -0.1) is 0 Å². The van der Waals surface area contributed by atoms with E-state index in [0.717, 1.165) is 18.9 Å². The van der Waals surface area contributed by atoms with Crippen LogP contribution in [0.5, 0.6) is 0 Å². The normalized spacial score (nSPS) is 51.6. The van der Waals surface area contributed by atoms with Crippen molar-refractivity contribution < 1.29 is 4.79 Å². The van der Waals surface area contributed by atoms with Gasteiger partial charge in [-0.05, 0) is 18.3 Å². The van der Waals surface area contributed by atoms with E-state index < -0.39 is 0 Å². The van der Waals surface area contributed by atoms with E-state index in [0.29, 0.717) is 5.92 Å². The van der Waals surface area contributed by atoms with Gasteiger partial charge < -0.3 is 5.32 Å². The molecule has 1 heterocycles. The van der Waals surface area contributed by atoms with Crippen LogP contribution in [-0.2, 0) is 4.79 Å². The topological polar surface area (TPSA) is 29.1 Å². The molecule has 1 aliphatic heterocycles. The molecule has 10 heavy (non-hydrogen) atoms. The Labute approximate surface area is 61.0 Å². The van der Waals surface area contributed by atoms with Crippen molar-refractivity contribution in [1.29, 1.82) is 0 Å². The van der Waals surface area contributed by atoms with Gasteiger partial charge in [-0.2, -0.15) is 0 Å². The lowest BCUT2D eigenvalue weighted by Gasteiger charge is -2.44. The maximum absolute atomic E-state index is 11.2. The summed E-state index contributed by atoms with van der Waals surface area (Å²) >= 11 is 0. The second-order valence-corrected chi connectivity index (χ2v) is 3.92. The van der Waals surface area contributed by atoms with E-state index in [1.54, 1.807) is 0 Å². The highest BCUT2D eigenvalue weighted by atomic mass is 16.2. The zero-order valence-corrected chi connectivity index (χ0v) is 6.48. The summed E-state index contributed by atoms with van der Waals surface area (Å²) in [4.78, 5) is 11.2. The van der Waals surface area contributed by atoms with Gasteiger partial charge >= 0.3 is 0 Å². The molecule has 2 nitrogen and oxygen atoms in total. The Bertz CT molecular complexity index is 190. The van der Waals surface area contributed by atoms with Crippen LogP contribution >= 0.6 is 0 Å². The van der Waals surface area contributed by atoms with Gasteiger partial charge in [0, 0.05) is 6.54 Å². The summed E-state index contributed by atoms with van der Waals surface area (Å²) in [6.45, 7) is 5.23. The Morgan fingerprint density at radius 3 is 2.80 bits per heavy atom. The molecule has 56 valence electrons. The lowest BCUT2D eigenvalue weighted by molar-refractivity contribution is -0.135. The van der Waals surface area contributed by atoms with Crippen molar-refractivity contribution in [2.24, 2.45) is 17.3 Å². The lowest BCUT2D eigenvalue weighted by Crippen LogP contribution is -2.45. The monoisotopic (exact) mass is 139 g/mol. The van der Waals surface area contributed by atoms with E-state index in [2.05, 4.69) is 19.2 Å². The summed E-state index contributed by atoms with van der Waals surface area (Å²) < 4.78 is 0. The summed E-state index contributed by atoms with van der Waals surface area (Å²) in [5.41, 5.74) is 0.0133. The number of rotatable bonds is 0. The molecule has 3 atom stereocenters. The molecular formula is C8H13NO.